The van der Waals surface area contributed by atoms with Crippen LogP contribution < -0.4 is 16.0 Å². The van der Waals surface area contributed by atoms with Crippen molar-refractivity contribution in [3.63, 3.8) is 0 Å². The number of ether oxygens (including phenoxy) is 1. The molecular weight excluding hydrogens is 605 g/mol. The number of aliphatic hydroxyl groups is 1. The second-order valence-electron chi connectivity index (χ2n) is 12.7. The van der Waals surface area contributed by atoms with Crippen LogP contribution in [0.15, 0.2) is 24.3 Å². The standard InChI is InChI=1S/C31H35F3N8O2S/c1-18-19(2-3-25-23(18)8-20(11-35)42(25)14-21-12-37-26(43)15-44-21)13-40-6-4-30(16-40)5-7-41(17-30)27-24-9-22(10-31(32,33)34)45-28(24)39-29(36)38-27/h2-3,8-9,21,26,37,43H,4-7,10,12-17H2,1H3,(H2,36,38,39)/t21-,26?,30?/m0/s1. The number of aryl methyl sites for hydroxylation is 1. The molecule has 4 N–H and O–H groups in total. The van der Waals surface area contributed by atoms with Crippen molar-refractivity contribution in [3.8, 4) is 6.07 Å². The molecule has 0 saturated carbocycles. The van der Waals surface area contributed by atoms with Gasteiger partial charge in [-0.25, -0.2) is 4.98 Å². The van der Waals surface area contributed by atoms with Crippen molar-refractivity contribution in [2.24, 2.45) is 5.41 Å². The average molecular weight is 641 g/mol. The smallest absolute Gasteiger partial charge is 0.376 e. The zero-order chi connectivity index (χ0) is 31.5. The van der Waals surface area contributed by atoms with Crippen LogP contribution in [-0.2, 0) is 24.2 Å². The highest BCUT2D eigenvalue weighted by molar-refractivity contribution is 7.18. The van der Waals surface area contributed by atoms with E-state index in [0.29, 0.717) is 34.8 Å². The second-order valence-corrected chi connectivity index (χ2v) is 13.8. The lowest BCUT2D eigenvalue weighted by Gasteiger charge is -2.28. The van der Waals surface area contributed by atoms with E-state index >= 15 is 0 Å². The maximum Gasteiger partial charge on any atom is 0.393 e. The Morgan fingerprint density at radius 2 is 2.02 bits per heavy atom. The number of benzene rings is 1. The number of hydrogen-bond donors (Lipinski definition) is 3. The molecule has 3 aliphatic heterocycles. The Labute approximate surface area is 262 Å². The van der Waals surface area contributed by atoms with Crippen molar-refractivity contribution >= 4 is 44.2 Å². The maximum absolute atomic E-state index is 13.1. The van der Waals surface area contributed by atoms with Gasteiger partial charge in [0.1, 0.15) is 28.6 Å². The summed E-state index contributed by atoms with van der Waals surface area (Å²) < 4.78 is 47.0. The Kier molecular flexibility index (Phi) is 7.65. The summed E-state index contributed by atoms with van der Waals surface area (Å²) >= 11 is 1.03. The molecule has 0 bridgehead atoms. The number of alkyl halides is 3. The van der Waals surface area contributed by atoms with Crippen LogP contribution in [0.25, 0.3) is 21.1 Å². The van der Waals surface area contributed by atoms with E-state index < -0.39 is 18.8 Å². The van der Waals surface area contributed by atoms with E-state index in [9.17, 15) is 23.5 Å². The molecule has 3 aromatic heterocycles. The van der Waals surface area contributed by atoms with Crippen molar-refractivity contribution in [1.29, 1.82) is 5.26 Å². The lowest BCUT2D eigenvalue weighted by atomic mass is 9.86. The highest BCUT2D eigenvalue weighted by atomic mass is 32.1. The maximum atomic E-state index is 13.1. The Morgan fingerprint density at radius 3 is 2.78 bits per heavy atom. The van der Waals surface area contributed by atoms with Crippen molar-refractivity contribution < 1.29 is 23.0 Å². The molecule has 238 valence electrons. The summed E-state index contributed by atoms with van der Waals surface area (Å²) in [6.07, 6.45) is -4.09. The molecule has 2 unspecified atom stereocenters. The fourth-order valence-corrected chi connectivity index (χ4v) is 8.33. The van der Waals surface area contributed by atoms with E-state index in [1.165, 1.54) is 5.56 Å². The lowest BCUT2D eigenvalue weighted by Crippen LogP contribution is -2.47. The van der Waals surface area contributed by atoms with Gasteiger partial charge < -0.3 is 25.0 Å². The summed E-state index contributed by atoms with van der Waals surface area (Å²) in [7, 11) is 0. The highest BCUT2D eigenvalue weighted by Crippen LogP contribution is 2.44. The lowest BCUT2D eigenvalue weighted by molar-refractivity contribution is -0.126. The number of fused-ring (bicyclic) bond motifs is 2. The van der Waals surface area contributed by atoms with Crippen molar-refractivity contribution in [2.45, 2.75) is 57.8 Å². The number of anilines is 2. The quantitative estimate of drug-likeness (QED) is 0.287. The fourth-order valence-electron chi connectivity index (χ4n) is 7.27. The summed E-state index contributed by atoms with van der Waals surface area (Å²) in [6, 6.07) is 10.1. The van der Waals surface area contributed by atoms with Crippen molar-refractivity contribution in [3.05, 3.63) is 46.0 Å². The van der Waals surface area contributed by atoms with Crippen LogP contribution >= 0.6 is 11.3 Å². The van der Waals surface area contributed by atoms with Gasteiger partial charge in [0.25, 0.3) is 0 Å². The topological polar surface area (TPSA) is 128 Å². The zero-order valence-electron chi connectivity index (χ0n) is 24.9. The van der Waals surface area contributed by atoms with Gasteiger partial charge in [-0.15, -0.1) is 11.3 Å². The Hall–Kier alpha value is -3.48. The summed E-state index contributed by atoms with van der Waals surface area (Å²) in [4.78, 5) is 14.1. The van der Waals surface area contributed by atoms with Gasteiger partial charge in [0.05, 0.1) is 31.1 Å². The van der Waals surface area contributed by atoms with Crippen molar-refractivity contribution in [2.75, 3.05) is 50.0 Å². The van der Waals surface area contributed by atoms with Crippen LogP contribution in [0, 0.1) is 23.7 Å². The molecule has 0 radical (unpaired) electrons. The summed E-state index contributed by atoms with van der Waals surface area (Å²) in [5.41, 5.74) is 10.0. The van der Waals surface area contributed by atoms with Crippen LogP contribution in [0.2, 0.25) is 0 Å². The normalized spacial score (nSPS) is 24.4. The van der Waals surface area contributed by atoms with Gasteiger partial charge in [-0.05, 0) is 55.6 Å². The first-order chi connectivity index (χ1) is 21.5. The molecule has 1 aromatic carbocycles. The SMILES string of the molecule is Cc1c(CN2CCC3(CCN(c4nc(N)nc5sc(CC(F)(F)F)cc45)C3)C2)ccc2c1cc(C#N)n2C[C@@H]1CNC(O)CO1. The minimum absolute atomic E-state index is 0.0633. The number of morpholine rings is 1. The summed E-state index contributed by atoms with van der Waals surface area (Å²) in [5.74, 6) is 0.704. The van der Waals surface area contributed by atoms with Crippen molar-refractivity contribution in [1.82, 2.24) is 24.8 Å². The molecule has 3 saturated heterocycles. The Morgan fingerprint density at radius 1 is 1.20 bits per heavy atom. The van der Waals surface area contributed by atoms with E-state index in [2.05, 4.69) is 50.2 Å². The first kappa shape index (κ1) is 30.2. The molecule has 3 aliphatic rings. The predicted octanol–water partition coefficient (Wildman–Crippen LogP) is 3.92. The number of likely N-dealkylation sites (tertiary alicyclic amines) is 1. The molecule has 14 heteroatoms. The van der Waals surface area contributed by atoms with Crippen LogP contribution in [0.1, 0.15) is 34.5 Å². The number of nitriles is 1. The first-order valence-electron chi connectivity index (χ1n) is 15.1. The number of rotatable bonds is 6. The van der Waals surface area contributed by atoms with Crippen LogP contribution in [0.5, 0.6) is 0 Å². The number of nitrogens with zero attached hydrogens (tertiary/aromatic N) is 6. The molecule has 10 nitrogen and oxygen atoms in total. The highest BCUT2D eigenvalue weighted by Gasteiger charge is 2.44. The van der Waals surface area contributed by atoms with E-state index in [1.54, 1.807) is 6.07 Å². The van der Waals surface area contributed by atoms with Gasteiger partial charge in [0.15, 0.2) is 0 Å². The summed E-state index contributed by atoms with van der Waals surface area (Å²) in [6.45, 7) is 7.55. The average Bonchev–Trinajstić information content (AvgIpc) is 3.76. The third kappa shape index (κ3) is 5.95. The number of halogens is 3. The molecule has 3 fully saturated rings. The van der Waals surface area contributed by atoms with Gasteiger partial charge in [-0.1, -0.05) is 6.07 Å². The zero-order valence-corrected chi connectivity index (χ0v) is 25.7. The second kappa shape index (κ2) is 11.4. The Bertz CT molecular complexity index is 1790. The van der Waals surface area contributed by atoms with Crippen LogP contribution in [0.3, 0.4) is 0 Å². The molecule has 0 amide bonds. The largest absolute Gasteiger partial charge is 0.393 e. The van der Waals surface area contributed by atoms with Gasteiger partial charge in [-0.2, -0.15) is 23.4 Å². The van der Waals surface area contributed by atoms with Gasteiger partial charge in [0, 0.05) is 53.9 Å². The molecule has 4 aromatic rings. The third-order valence-electron chi connectivity index (χ3n) is 9.50. The molecule has 7 rings (SSSR count). The van der Waals surface area contributed by atoms with E-state index in [0.717, 1.165) is 73.4 Å². The number of nitrogens with one attached hydrogen (secondary N) is 1. The number of nitrogens with two attached hydrogens (primary N) is 1. The number of aliphatic hydroxyl groups excluding tert-OH is 1. The number of hydrogen-bond acceptors (Lipinski definition) is 10. The fraction of sp³-hybridized carbons (Fsp3) is 0.516. The first-order valence-corrected chi connectivity index (χ1v) is 16.0. The van der Waals surface area contributed by atoms with E-state index in [4.69, 9.17) is 10.5 Å². The Balaban J connectivity index is 1.06. The third-order valence-corrected chi connectivity index (χ3v) is 10.5. The van der Waals surface area contributed by atoms with Gasteiger partial charge in [0.2, 0.25) is 5.95 Å². The van der Waals surface area contributed by atoms with Crippen LogP contribution in [0.4, 0.5) is 24.9 Å². The molecule has 1 spiro atoms. The van der Waals surface area contributed by atoms with Gasteiger partial charge >= 0.3 is 6.18 Å². The molecule has 0 aliphatic carbocycles. The number of aromatic nitrogens is 3. The molecule has 3 atom stereocenters. The van der Waals surface area contributed by atoms with E-state index in [1.807, 2.05) is 10.6 Å². The molecule has 6 heterocycles. The summed E-state index contributed by atoms with van der Waals surface area (Å²) in [5, 5.41) is 24.3. The monoisotopic (exact) mass is 640 g/mol. The predicted molar refractivity (Wildman–Crippen MR) is 166 cm³/mol. The van der Waals surface area contributed by atoms with Gasteiger partial charge in [-0.3, -0.25) is 10.2 Å². The van der Waals surface area contributed by atoms with Crippen LogP contribution in [-0.4, -0.2) is 82.4 Å². The minimum atomic E-state index is -4.29. The van der Waals surface area contributed by atoms with E-state index in [-0.39, 0.29) is 29.0 Å². The molecule has 45 heavy (non-hydrogen) atoms. The number of nitrogen functional groups attached to an aromatic ring is 1. The number of thiophene rings is 1. The minimum Gasteiger partial charge on any atom is -0.376 e. The molecular formula is C31H35F3N8O2S.